The van der Waals surface area contributed by atoms with E-state index >= 15 is 0 Å². The number of amides is 1. The number of benzene rings is 2. The van der Waals surface area contributed by atoms with Gasteiger partial charge in [-0.05, 0) is 73.4 Å². The van der Waals surface area contributed by atoms with E-state index in [4.69, 9.17) is 22.1 Å². The van der Waals surface area contributed by atoms with Crippen LogP contribution in [0.4, 0.5) is 11.5 Å². The number of rotatable bonds is 9. The van der Waals surface area contributed by atoms with Gasteiger partial charge in [0.25, 0.3) is 0 Å². The van der Waals surface area contributed by atoms with Gasteiger partial charge in [-0.1, -0.05) is 37.3 Å². The van der Waals surface area contributed by atoms with Gasteiger partial charge in [0.15, 0.2) is 5.78 Å². The molecular formula is C31H31ClN4O4. The molecule has 0 saturated heterocycles. The summed E-state index contributed by atoms with van der Waals surface area (Å²) < 4.78 is 5.01. The Bertz CT molecular complexity index is 1540. The summed E-state index contributed by atoms with van der Waals surface area (Å²) >= 11 is 6.65. The third kappa shape index (κ3) is 5.87. The zero-order valence-electron chi connectivity index (χ0n) is 22.2. The first-order valence-corrected chi connectivity index (χ1v) is 13.9. The SMILES string of the molecule is CCOC(=O)c1ccc(NC(=O)C(CC2CCCC2)c2c[nH]c3cc(C(=O)c4ccc(N)cc4)c(Cl)cc23)nc1. The molecule has 0 radical (unpaired) electrons. The number of anilines is 2. The second kappa shape index (κ2) is 11.9. The fraction of sp³-hybridized carbons (Fsp3) is 0.290. The minimum atomic E-state index is -0.461. The summed E-state index contributed by atoms with van der Waals surface area (Å²) in [5.41, 5.74) is 9.05. The molecule has 206 valence electrons. The highest BCUT2D eigenvalue weighted by atomic mass is 35.5. The molecule has 0 aliphatic heterocycles. The summed E-state index contributed by atoms with van der Waals surface area (Å²) in [5.74, 6) is -0.539. The van der Waals surface area contributed by atoms with Crippen molar-refractivity contribution < 1.29 is 19.1 Å². The van der Waals surface area contributed by atoms with E-state index < -0.39 is 11.9 Å². The van der Waals surface area contributed by atoms with Gasteiger partial charge in [-0.25, -0.2) is 9.78 Å². The Balaban J connectivity index is 1.44. The van der Waals surface area contributed by atoms with Crippen LogP contribution in [-0.4, -0.2) is 34.2 Å². The number of fused-ring (bicyclic) bond motifs is 1. The number of esters is 1. The van der Waals surface area contributed by atoms with Crippen LogP contribution < -0.4 is 11.1 Å². The van der Waals surface area contributed by atoms with Crippen LogP contribution in [0.15, 0.2) is 60.9 Å². The summed E-state index contributed by atoms with van der Waals surface area (Å²) in [7, 11) is 0. The number of nitrogens with two attached hydrogens (primary N) is 1. The number of H-pyrrole nitrogens is 1. The van der Waals surface area contributed by atoms with Gasteiger partial charge in [-0.3, -0.25) is 9.59 Å². The van der Waals surface area contributed by atoms with Crippen molar-refractivity contribution in [3.63, 3.8) is 0 Å². The van der Waals surface area contributed by atoms with Crippen LogP contribution in [0.25, 0.3) is 10.9 Å². The van der Waals surface area contributed by atoms with Crippen LogP contribution >= 0.6 is 11.6 Å². The number of hydrogen-bond donors (Lipinski definition) is 3. The van der Waals surface area contributed by atoms with E-state index in [1.807, 2.05) is 6.20 Å². The van der Waals surface area contributed by atoms with Gasteiger partial charge in [-0.2, -0.15) is 0 Å². The van der Waals surface area contributed by atoms with E-state index in [-0.39, 0.29) is 18.3 Å². The molecule has 1 aliphatic rings. The zero-order valence-corrected chi connectivity index (χ0v) is 23.0. The molecule has 9 heteroatoms. The van der Waals surface area contributed by atoms with Gasteiger partial charge in [0.1, 0.15) is 5.82 Å². The highest BCUT2D eigenvalue weighted by Crippen LogP contribution is 2.38. The third-order valence-corrected chi connectivity index (χ3v) is 7.79. The van der Waals surface area contributed by atoms with Crippen LogP contribution in [0.3, 0.4) is 0 Å². The molecule has 0 spiro atoms. The monoisotopic (exact) mass is 558 g/mol. The lowest BCUT2D eigenvalue weighted by molar-refractivity contribution is -0.118. The molecule has 40 heavy (non-hydrogen) atoms. The first-order chi connectivity index (χ1) is 19.3. The maximum Gasteiger partial charge on any atom is 0.339 e. The lowest BCUT2D eigenvalue weighted by Gasteiger charge is -2.20. The van der Waals surface area contributed by atoms with Crippen LogP contribution in [-0.2, 0) is 9.53 Å². The van der Waals surface area contributed by atoms with Crippen molar-refractivity contribution in [2.45, 2.75) is 44.9 Å². The molecule has 2 heterocycles. The number of aromatic nitrogens is 2. The Morgan fingerprint density at radius 3 is 2.50 bits per heavy atom. The van der Waals surface area contributed by atoms with E-state index in [0.717, 1.165) is 42.1 Å². The number of pyridine rings is 1. The number of ketones is 1. The number of halogens is 1. The second-order valence-electron chi connectivity index (χ2n) is 10.2. The number of nitrogens with one attached hydrogen (secondary N) is 2. The van der Waals surface area contributed by atoms with Crippen LogP contribution in [0, 0.1) is 5.92 Å². The van der Waals surface area contributed by atoms with Gasteiger partial charge in [0.2, 0.25) is 5.91 Å². The highest BCUT2D eigenvalue weighted by molar-refractivity contribution is 6.36. The van der Waals surface area contributed by atoms with Crippen molar-refractivity contribution in [3.8, 4) is 0 Å². The van der Waals surface area contributed by atoms with Gasteiger partial charge in [0.05, 0.1) is 23.1 Å². The molecule has 1 saturated carbocycles. The maximum atomic E-state index is 13.7. The Morgan fingerprint density at radius 1 is 1.10 bits per heavy atom. The summed E-state index contributed by atoms with van der Waals surface area (Å²) in [4.78, 5) is 46.3. The fourth-order valence-electron chi connectivity index (χ4n) is 5.39. The predicted molar refractivity (Wildman–Crippen MR) is 156 cm³/mol. The second-order valence-corrected chi connectivity index (χ2v) is 10.6. The average Bonchev–Trinajstić information content (AvgIpc) is 3.61. The quantitative estimate of drug-likeness (QED) is 0.122. The molecule has 0 bridgehead atoms. The molecule has 1 fully saturated rings. The molecule has 2 aromatic heterocycles. The third-order valence-electron chi connectivity index (χ3n) is 7.48. The topological polar surface area (TPSA) is 127 Å². The molecule has 4 aromatic rings. The van der Waals surface area contributed by atoms with Gasteiger partial charge in [-0.15, -0.1) is 0 Å². The number of hydrogen-bond acceptors (Lipinski definition) is 6. The predicted octanol–water partition coefficient (Wildman–Crippen LogP) is 6.51. The zero-order chi connectivity index (χ0) is 28.2. The highest BCUT2D eigenvalue weighted by Gasteiger charge is 2.29. The van der Waals surface area contributed by atoms with Gasteiger partial charge in [0, 0.05) is 40.1 Å². The maximum absolute atomic E-state index is 13.7. The van der Waals surface area contributed by atoms with Crippen molar-refractivity contribution in [3.05, 3.63) is 88.2 Å². The smallest absolute Gasteiger partial charge is 0.339 e. The van der Waals surface area contributed by atoms with E-state index in [0.29, 0.717) is 45.6 Å². The number of nitrogens with zero attached hydrogens (tertiary/aromatic N) is 1. The average molecular weight is 559 g/mol. The van der Waals surface area contributed by atoms with E-state index in [1.54, 1.807) is 55.5 Å². The Labute approximate surface area is 237 Å². The van der Waals surface area contributed by atoms with Crippen molar-refractivity contribution in [1.29, 1.82) is 0 Å². The summed E-state index contributed by atoms with van der Waals surface area (Å²) in [6, 6.07) is 13.4. The van der Waals surface area contributed by atoms with Crippen molar-refractivity contribution in [1.82, 2.24) is 9.97 Å². The van der Waals surface area contributed by atoms with Crippen LogP contribution in [0.1, 0.15) is 76.8 Å². The number of aromatic amines is 1. The number of carbonyl (C=O) groups excluding carboxylic acids is 3. The molecule has 2 aromatic carbocycles. The summed E-state index contributed by atoms with van der Waals surface area (Å²) in [6.07, 6.45) is 8.39. The van der Waals surface area contributed by atoms with Crippen molar-refractivity contribution >= 4 is 51.7 Å². The van der Waals surface area contributed by atoms with Gasteiger partial charge < -0.3 is 20.8 Å². The minimum absolute atomic E-state index is 0.192. The first kappa shape index (κ1) is 27.4. The van der Waals surface area contributed by atoms with E-state index in [1.165, 1.54) is 6.20 Å². The largest absolute Gasteiger partial charge is 0.462 e. The lowest BCUT2D eigenvalue weighted by Crippen LogP contribution is -2.23. The summed E-state index contributed by atoms with van der Waals surface area (Å²) in [6.45, 7) is 2.01. The number of carbonyl (C=O) groups is 3. The van der Waals surface area contributed by atoms with Crippen molar-refractivity contribution in [2.75, 3.05) is 17.7 Å². The molecule has 8 nitrogen and oxygen atoms in total. The molecule has 4 N–H and O–H groups in total. The number of ether oxygens (including phenoxy) is 1. The van der Waals surface area contributed by atoms with Crippen molar-refractivity contribution in [2.24, 2.45) is 5.92 Å². The van der Waals surface area contributed by atoms with E-state index in [9.17, 15) is 14.4 Å². The van der Waals surface area contributed by atoms with Crippen LogP contribution in [0.5, 0.6) is 0 Å². The fourth-order valence-corrected chi connectivity index (χ4v) is 5.64. The molecule has 1 unspecified atom stereocenters. The molecular weight excluding hydrogens is 528 g/mol. The normalized spacial score (nSPS) is 14.2. The van der Waals surface area contributed by atoms with Crippen LogP contribution in [0.2, 0.25) is 5.02 Å². The Morgan fingerprint density at radius 2 is 1.82 bits per heavy atom. The lowest BCUT2D eigenvalue weighted by atomic mass is 9.86. The molecule has 5 rings (SSSR count). The standard InChI is InChI=1S/C31H31ClN4O4/c1-2-40-31(39)20-9-12-28(35-16-20)36-30(38)23(13-18-5-3-4-6-18)25-17-34-27-15-24(26(32)14-22(25)27)29(37)19-7-10-21(33)11-8-19/h7-12,14-18,23,34H,2-6,13,33H2,1H3,(H,35,36,38). The minimum Gasteiger partial charge on any atom is -0.462 e. The Kier molecular flexibility index (Phi) is 8.16. The molecule has 1 atom stereocenters. The first-order valence-electron chi connectivity index (χ1n) is 13.5. The molecule has 1 aliphatic carbocycles. The number of nitrogen functional groups attached to an aromatic ring is 1. The summed E-state index contributed by atoms with van der Waals surface area (Å²) in [5, 5.41) is 4.03. The molecule has 1 amide bonds. The Hall–Kier alpha value is -4.17. The van der Waals surface area contributed by atoms with Gasteiger partial charge >= 0.3 is 5.97 Å². The van der Waals surface area contributed by atoms with E-state index in [2.05, 4.69) is 15.3 Å².